The van der Waals surface area contributed by atoms with Gasteiger partial charge in [-0.15, -0.1) is 5.73 Å². The average Bonchev–Trinajstić information content (AvgIpc) is 2.88. The molecule has 0 amide bonds. The Morgan fingerprint density at radius 2 is 1.18 bits per heavy atom. The highest BCUT2D eigenvalue weighted by Crippen LogP contribution is 2.34. The van der Waals surface area contributed by atoms with E-state index in [1.165, 1.54) is 27.2 Å². The lowest BCUT2D eigenvalue weighted by Crippen LogP contribution is -2.38. The van der Waals surface area contributed by atoms with Gasteiger partial charge in [0, 0.05) is 28.2 Å². The molecule has 0 heterocycles. The second-order valence-electron chi connectivity index (χ2n) is 8.31. The van der Waals surface area contributed by atoms with E-state index in [1.807, 2.05) is 0 Å². The van der Waals surface area contributed by atoms with Crippen LogP contribution in [0.15, 0.2) is 133 Å². The van der Waals surface area contributed by atoms with Crippen LogP contribution in [0.4, 0.5) is 17.1 Å². The number of rotatable bonds is 4. The van der Waals surface area contributed by atoms with Gasteiger partial charge in [0.05, 0.1) is 0 Å². The van der Waals surface area contributed by atoms with Gasteiger partial charge in [0.1, 0.15) is 0 Å². The molecule has 0 aromatic heterocycles. The lowest BCUT2D eigenvalue weighted by molar-refractivity contribution is 1.25. The molecule has 0 bridgehead atoms. The highest BCUT2D eigenvalue weighted by molar-refractivity contribution is 6.07. The summed E-state index contributed by atoms with van der Waals surface area (Å²) in [5.41, 5.74) is 12.1. The fraction of sp³-hybridized carbons (Fsp3) is 0.0312. The Balaban J connectivity index is 1.35. The molecule has 0 N–H and O–H groups in total. The lowest BCUT2D eigenvalue weighted by Gasteiger charge is -2.25. The summed E-state index contributed by atoms with van der Waals surface area (Å²) in [6, 6.07) is 38.3. The van der Waals surface area contributed by atoms with E-state index < -0.39 is 0 Å². The minimum atomic E-state index is 0.928. The molecule has 0 unspecified atom stereocenters. The van der Waals surface area contributed by atoms with Crippen molar-refractivity contribution in [1.82, 2.24) is 0 Å². The highest BCUT2D eigenvalue weighted by atomic mass is 15.1. The molecule has 0 saturated carbocycles. The predicted molar refractivity (Wildman–Crippen MR) is 139 cm³/mol. The van der Waals surface area contributed by atoms with Crippen LogP contribution in [0, 0.1) is 0 Å². The van der Waals surface area contributed by atoms with Gasteiger partial charge in [-0.05, 0) is 70.5 Å². The fourth-order valence-electron chi connectivity index (χ4n) is 4.67. The fourth-order valence-corrected chi connectivity index (χ4v) is 4.67. The summed E-state index contributed by atoms with van der Waals surface area (Å²) in [6.07, 6.45) is 7.53. The summed E-state index contributed by atoms with van der Waals surface area (Å²) in [7, 11) is 0. The van der Waals surface area contributed by atoms with Crippen LogP contribution in [0.5, 0.6) is 0 Å². The van der Waals surface area contributed by atoms with Gasteiger partial charge in [-0.25, -0.2) is 0 Å². The molecule has 0 radical (unpaired) electrons. The molecule has 4 aromatic carbocycles. The van der Waals surface area contributed by atoms with Crippen LogP contribution in [0.2, 0.25) is 0 Å². The highest BCUT2D eigenvalue weighted by Gasteiger charge is 2.20. The SMILES string of the molecule is C(=Cc1ccc(N(c2ccccc2)c2ccccc2)cc1)=C1CC=CC2=c3ccccc3=C12. The minimum absolute atomic E-state index is 0.928. The van der Waals surface area contributed by atoms with Crippen molar-refractivity contribution in [1.29, 1.82) is 0 Å². The van der Waals surface area contributed by atoms with Gasteiger partial charge in [-0.2, -0.15) is 0 Å². The maximum absolute atomic E-state index is 3.59. The summed E-state index contributed by atoms with van der Waals surface area (Å²) < 4.78 is 0. The summed E-state index contributed by atoms with van der Waals surface area (Å²) in [4.78, 5) is 2.28. The third-order valence-corrected chi connectivity index (χ3v) is 6.26. The van der Waals surface area contributed by atoms with E-state index >= 15 is 0 Å². The number of anilines is 3. The topological polar surface area (TPSA) is 3.24 Å². The molecule has 0 aliphatic heterocycles. The van der Waals surface area contributed by atoms with Crippen LogP contribution in [0.25, 0.3) is 17.2 Å². The van der Waals surface area contributed by atoms with Crippen molar-refractivity contribution in [2.75, 3.05) is 4.90 Å². The van der Waals surface area contributed by atoms with Crippen molar-refractivity contribution in [2.45, 2.75) is 6.42 Å². The van der Waals surface area contributed by atoms with E-state index in [9.17, 15) is 0 Å². The molecule has 2 aliphatic rings. The molecule has 156 valence electrons. The van der Waals surface area contributed by atoms with Gasteiger partial charge in [-0.1, -0.05) is 84.9 Å². The quantitative estimate of drug-likeness (QED) is 0.333. The van der Waals surface area contributed by atoms with E-state index in [4.69, 9.17) is 0 Å². The summed E-state index contributed by atoms with van der Waals surface area (Å²) >= 11 is 0. The second-order valence-corrected chi connectivity index (χ2v) is 8.31. The van der Waals surface area contributed by atoms with Crippen molar-refractivity contribution < 1.29 is 0 Å². The Hall–Kier alpha value is -4.32. The standard InChI is InChI=1S/C32H23N/c1-3-11-26(12-4-1)33(27-13-5-2-6-14-27)28-22-19-24(20-23-28)18-21-25-10-9-17-31-29-15-7-8-16-30(29)32(25)31/h1-9,11-20,22-23H,10H2. The molecule has 33 heavy (non-hydrogen) atoms. The molecule has 1 nitrogen and oxygen atoms in total. The summed E-state index contributed by atoms with van der Waals surface area (Å²) in [5.74, 6) is 0. The molecule has 0 atom stereocenters. The first-order valence-electron chi connectivity index (χ1n) is 11.4. The van der Waals surface area contributed by atoms with Crippen LogP contribution < -0.4 is 15.3 Å². The van der Waals surface area contributed by atoms with E-state index in [1.54, 1.807) is 0 Å². The Labute approximate surface area is 194 Å². The maximum atomic E-state index is 3.59. The first kappa shape index (κ1) is 19.4. The molecule has 0 fully saturated rings. The summed E-state index contributed by atoms with van der Waals surface area (Å²) in [6.45, 7) is 0. The third kappa shape index (κ3) is 3.55. The zero-order valence-corrected chi connectivity index (χ0v) is 18.3. The van der Waals surface area contributed by atoms with Crippen LogP contribution in [0.1, 0.15) is 12.0 Å². The number of fused-ring (bicyclic) bond motifs is 2. The molecule has 0 saturated heterocycles. The van der Waals surface area contributed by atoms with Crippen molar-refractivity contribution in [3.8, 4) is 0 Å². The van der Waals surface area contributed by atoms with Crippen molar-refractivity contribution in [3.05, 3.63) is 149 Å². The Kier molecular flexibility index (Phi) is 4.88. The van der Waals surface area contributed by atoms with Crippen molar-refractivity contribution in [3.63, 3.8) is 0 Å². The Morgan fingerprint density at radius 1 is 0.606 bits per heavy atom. The maximum Gasteiger partial charge on any atom is 0.0462 e. The molecular weight excluding hydrogens is 398 g/mol. The van der Waals surface area contributed by atoms with Gasteiger partial charge in [0.2, 0.25) is 0 Å². The van der Waals surface area contributed by atoms with Crippen LogP contribution >= 0.6 is 0 Å². The largest absolute Gasteiger partial charge is 0.311 e. The smallest absolute Gasteiger partial charge is 0.0462 e. The predicted octanol–water partition coefficient (Wildman–Crippen LogP) is 6.67. The number of hydrogen-bond acceptors (Lipinski definition) is 1. The average molecular weight is 422 g/mol. The third-order valence-electron chi connectivity index (χ3n) is 6.26. The number of hydrogen-bond donors (Lipinski definition) is 0. The molecule has 6 rings (SSSR count). The summed E-state index contributed by atoms with van der Waals surface area (Å²) in [5, 5.41) is 2.71. The first-order chi connectivity index (χ1) is 16.4. The number of nitrogens with zero attached hydrogens (tertiary/aromatic N) is 1. The zero-order valence-electron chi connectivity index (χ0n) is 18.3. The molecular formula is C32H23N. The minimum Gasteiger partial charge on any atom is -0.311 e. The molecule has 0 spiro atoms. The number of allylic oxidation sites excluding steroid dienone is 3. The first-order valence-corrected chi connectivity index (χ1v) is 11.4. The van der Waals surface area contributed by atoms with E-state index in [0.717, 1.165) is 29.0 Å². The van der Waals surface area contributed by atoms with E-state index in [0.29, 0.717) is 0 Å². The monoisotopic (exact) mass is 421 g/mol. The van der Waals surface area contributed by atoms with Crippen LogP contribution in [0.3, 0.4) is 0 Å². The normalized spacial score (nSPS) is 13.5. The zero-order chi connectivity index (χ0) is 22.0. The van der Waals surface area contributed by atoms with Crippen LogP contribution in [-0.2, 0) is 0 Å². The van der Waals surface area contributed by atoms with Gasteiger partial charge in [0.15, 0.2) is 0 Å². The van der Waals surface area contributed by atoms with Gasteiger partial charge < -0.3 is 4.90 Å². The second kappa shape index (κ2) is 8.31. The van der Waals surface area contributed by atoms with Crippen LogP contribution in [-0.4, -0.2) is 0 Å². The van der Waals surface area contributed by atoms with Crippen molar-refractivity contribution >= 4 is 34.3 Å². The van der Waals surface area contributed by atoms with Crippen molar-refractivity contribution in [2.24, 2.45) is 0 Å². The van der Waals surface area contributed by atoms with Gasteiger partial charge in [0.25, 0.3) is 0 Å². The lowest BCUT2D eigenvalue weighted by atomic mass is 9.81. The molecule has 1 heteroatoms. The van der Waals surface area contributed by atoms with Gasteiger partial charge >= 0.3 is 0 Å². The molecule has 4 aromatic rings. The van der Waals surface area contributed by atoms with E-state index in [-0.39, 0.29) is 0 Å². The Bertz CT molecular complexity index is 1490. The van der Waals surface area contributed by atoms with Gasteiger partial charge in [-0.3, -0.25) is 0 Å². The molecule has 2 aliphatic carbocycles. The number of benzene rings is 4. The number of para-hydroxylation sites is 2. The Morgan fingerprint density at radius 3 is 1.85 bits per heavy atom. The van der Waals surface area contributed by atoms with E-state index in [2.05, 4.69) is 138 Å².